The van der Waals surface area contributed by atoms with E-state index in [2.05, 4.69) is 15.5 Å². The number of hydrogen-bond acceptors (Lipinski definition) is 4. The highest BCUT2D eigenvalue weighted by molar-refractivity contribution is 6.01. The van der Waals surface area contributed by atoms with Crippen LogP contribution in [0.15, 0.2) is 23.9 Å². The van der Waals surface area contributed by atoms with Gasteiger partial charge in [0, 0.05) is 25.5 Å². The van der Waals surface area contributed by atoms with Crippen LogP contribution in [0.3, 0.4) is 0 Å². The summed E-state index contributed by atoms with van der Waals surface area (Å²) < 4.78 is 1.84. The number of nitrogens with zero attached hydrogens (tertiary/aromatic N) is 3. The second-order valence-corrected chi connectivity index (χ2v) is 3.34. The van der Waals surface area contributed by atoms with Gasteiger partial charge in [0.15, 0.2) is 5.84 Å². The Kier molecular flexibility index (Phi) is 4.31. The lowest BCUT2D eigenvalue weighted by Crippen LogP contribution is -2.38. The van der Waals surface area contributed by atoms with Crippen LogP contribution in [-0.2, 0) is 11.3 Å². The standard InChI is InChI=1S/C9H15N5O2/c1-7(8(10)13-16)9(15)12-3-5-14-4-2-11-6-14/h2,4,6-7,16H,3,5H2,1H3,(H2,10,13)(H,12,15). The van der Waals surface area contributed by atoms with Gasteiger partial charge in [0.05, 0.1) is 12.2 Å². The van der Waals surface area contributed by atoms with E-state index in [1.165, 1.54) is 0 Å². The summed E-state index contributed by atoms with van der Waals surface area (Å²) in [6, 6.07) is 0. The third-order valence-corrected chi connectivity index (χ3v) is 2.18. The van der Waals surface area contributed by atoms with Crippen LogP contribution in [0.1, 0.15) is 6.92 Å². The van der Waals surface area contributed by atoms with Crippen molar-refractivity contribution in [3.8, 4) is 0 Å². The van der Waals surface area contributed by atoms with Crippen molar-refractivity contribution in [3.05, 3.63) is 18.7 Å². The van der Waals surface area contributed by atoms with Crippen LogP contribution in [0.5, 0.6) is 0 Å². The molecule has 0 aliphatic rings. The summed E-state index contributed by atoms with van der Waals surface area (Å²) in [7, 11) is 0. The van der Waals surface area contributed by atoms with E-state index >= 15 is 0 Å². The first-order valence-electron chi connectivity index (χ1n) is 4.86. The van der Waals surface area contributed by atoms with Gasteiger partial charge in [-0.25, -0.2) is 4.98 Å². The Balaban J connectivity index is 2.30. The van der Waals surface area contributed by atoms with E-state index in [0.29, 0.717) is 13.1 Å². The van der Waals surface area contributed by atoms with Crippen molar-refractivity contribution in [1.82, 2.24) is 14.9 Å². The molecule has 1 unspecified atom stereocenters. The highest BCUT2D eigenvalue weighted by Gasteiger charge is 2.16. The van der Waals surface area contributed by atoms with E-state index in [0.717, 1.165) is 0 Å². The van der Waals surface area contributed by atoms with Crippen LogP contribution in [0, 0.1) is 5.92 Å². The molecule has 16 heavy (non-hydrogen) atoms. The number of nitrogens with two attached hydrogens (primary N) is 1. The molecule has 7 heteroatoms. The van der Waals surface area contributed by atoms with E-state index in [1.807, 2.05) is 4.57 Å². The Hall–Kier alpha value is -2.05. The van der Waals surface area contributed by atoms with E-state index in [-0.39, 0.29) is 11.7 Å². The quantitative estimate of drug-likeness (QED) is 0.269. The van der Waals surface area contributed by atoms with Gasteiger partial charge < -0.3 is 20.8 Å². The minimum Gasteiger partial charge on any atom is -0.409 e. The summed E-state index contributed by atoms with van der Waals surface area (Å²) in [5.41, 5.74) is 5.31. The predicted octanol–water partition coefficient (Wildman–Crippen LogP) is -0.618. The molecule has 1 rings (SSSR count). The number of hydrogen-bond donors (Lipinski definition) is 3. The number of amidine groups is 1. The first kappa shape index (κ1) is 12.0. The molecule has 88 valence electrons. The molecular formula is C9H15N5O2. The molecule has 1 aromatic rings. The number of carbonyl (C=O) groups is 1. The van der Waals surface area contributed by atoms with E-state index < -0.39 is 5.92 Å². The minimum absolute atomic E-state index is 0.0971. The van der Waals surface area contributed by atoms with Gasteiger partial charge >= 0.3 is 0 Å². The van der Waals surface area contributed by atoms with Gasteiger partial charge in [0.2, 0.25) is 5.91 Å². The molecule has 1 amide bonds. The lowest BCUT2D eigenvalue weighted by atomic mass is 10.1. The normalized spacial score (nSPS) is 13.4. The maximum absolute atomic E-state index is 11.5. The van der Waals surface area contributed by atoms with Gasteiger partial charge in [-0.05, 0) is 6.92 Å². The first-order valence-corrected chi connectivity index (χ1v) is 4.86. The lowest BCUT2D eigenvalue weighted by Gasteiger charge is -2.10. The number of carbonyl (C=O) groups excluding carboxylic acids is 1. The van der Waals surface area contributed by atoms with Crippen LogP contribution in [0.2, 0.25) is 0 Å². The van der Waals surface area contributed by atoms with Crippen LogP contribution < -0.4 is 11.1 Å². The maximum atomic E-state index is 11.5. The SMILES string of the molecule is CC(C(=O)NCCn1ccnc1)C(N)=NO. The van der Waals surface area contributed by atoms with Crippen LogP contribution in [0.25, 0.3) is 0 Å². The Morgan fingerprint density at radius 2 is 2.50 bits per heavy atom. The predicted molar refractivity (Wildman–Crippen MR) is 57.8 cm³/mol. The van der Waals surface area contributed by atoms with Gasteiger partial charge in [-0.3, -0.25) is 4.79 Å². The molecule has 0 aliphatic carbocycles. The fourth-order valence-electron chi connectivity index (χ4n) is 1.10. The fourth-order valence-corrected chi connectivity index (χ4v) is 1.10. The van der Waals surface area contributed by atoms with Crippen molar-refractivity contribution in [2.45, 2.75) is 13.5 Å². The second kappa shape index (κ2) is 5.74. The summed E-state index contributed by atoms with van der Waals surface area (Å²) in [6.45, 7) is 2.68. The van der Waals surface area contributed by atoms with Crippen molar-refractivity contribution in [2.24, 2.45) is 16.8 Å². The van der Waals surface area contributed by atoms with Crippen molar-refractivity contribution in [3.63, 3.8) is 0 Å². The third-order valence-electron chi connectivity index (χ3n) is 2.18. The molecule has 0 aliphatic heterocycles. The Labute approximate surface area is 93.0 Å². The van der Waals surface area contributed by atoms with Crippen LogP contribution in [0.4, 0.5) is 0 Å². The van der Waals surface area contributed by atoms with Crippen molar-refractivity contribution in [1.29, 1.82) is 0 Å². The number of aromatic nitrogens is 2. The molecule has 0 radical (unpaired) electrons. The number of amides is 1. The van der Waals surface area contributed by atoms with E-state index in [4.69, 9.17) is 10.9 Å². The van der Waals surface area contributed by atoms with E-state index in [9.17, 15) is 4.79 Å². The Morgan fingerprint density at radius 1 is 1.75 bits per heavy atom. The average molecular weight is 225 g/mol. The molecule has 0 saturated carbocycles. The molecule has 0 saturated heterocycles. The number of nitrogens with one attached hydrogen (secondary N) is 1. The van der Waals surface area contributed by atoms with Crippen molar-refractivity contribution in [2.75, 3.05) is 6.54 Å². The van der Waals surface area contributed by atoms with Gasteiger partial charge in [0.25, 0.3) is 0 Å². The molecule has 4 N–H and O–H groups in total. The Bertz CT molecular complexity index is 360. The number of rotatable bonds is 5. The second-order valence-electron chi connectivity index (χ2n) is 3.34. The molecule has 0 aromatic carbocycles. The molecule has 0 spiro atoms. The summed E-state index contributed by atoms with van der Waals surface area (Å²) in [6.07, 6.45) is 5.14. The van der Waals surface area contributed by atoms with Crippen LogP contribution >= 0.6 is 0 Å². The molecule has 0 bridgehead atoms. The monoisotopic (exact) mass is 225 g/mol. The zero-order valence-corrected chi connectivity index (χ0v) is 9.00. The van der Waals surface area contributed by atoms with Crippen LogP contribution in [-0.4, -0.2) is 33.0 Å². The third kappa shape index (κ3) is 3.26. The topological polar surface area (TPSA) is 106 Å². The van der Waals surface area contributed by atoms with Crippen molar-refractivity contribution < 1.29 is 10.0 Å². The van der Waals surface area contributed by atoms with Gasteiger partial charge in [-0.1, -0.05) is 5.16 Å². The first-order chi connectivity index (χ1) is 7.65. The average Bonchev–Trinajstić information content (AvgIpc) is 2.79. The molecule has 1 heterocycles. The number of imidazole rings is 1. The molecule has 0 fully saturated rings. The Morgan fingerprint density at radius 3 is 3.06 bits per heavy atom. The highest BCUT2D eigenvalue weighted by atomic mass is 16.4. The molecule has 7 nitrogen and oxygen atoms in total. The summed E-state index contributed by atoms with van der Waals surface area (Å²) in [5.74, 6) is -0.997. The molecule has 1 atom stereocenters. The van der Waals surface area contributed by atoms with Gasteiger partial charge in [-0.15, -0.1) is 0 Å². The fraction of sp³-hybridized carbons (Fsp3) is 0.444. The zero-order valence-electron chi connectivity index (χ0n) is 9.00. The van der Waals surface area contributed by atoms with E-state index in [1.54, 1.807) is 25.6 Å². The zero-order chi connectivity index (χ0) is 12.0. The van der Waals surface area contributed by atoms with Gasteiger partial charge in [-0.2, -0.15) is 0 Å². The summed E-state index contributed by atoms with van der Waals surface area (Å²) >= 11 is 0. The highest BCUT2D eigenvalue weighted by Crippen LogP contribution is 1.94. The minimum atomic E-state index is -0.632. The summed E-state index contributed by atoms with van der Waals surface area (Å²) in [5, 5.41) is 13.9. The molecular weight excluding hydrogens is 210 g/mol. The number of oxime groups is 1. The maximum Gasteiger partial charge on any atom is 0.230 e. The lowest BCUT2D eigenvalue weighted by molar-refractivity contribution is -0.122. The largest absolute Gasteiger partial charge is 0.409 e. The van der Waals surface area contributed by atoms with Gasteiger partial charge in [0.1, 0.15) is 0 Å². The molecule has 1 aromatic heterocycles. The summed E-state index contributed by atoms with van der Waals surface area (Å²) in [4.78, 5) is 15.3. The smallest absolute Gasteiger partial charge is 0.230 e. The van der Waals surface area contributed by atoms with Crippen molar-refractivity contribution >= 4 is 11.7 Å².